The maximum absolute atomic E-state index is 9.04. The molecule has 4 nitrogen and oxygen atoms in total. The normalized spacial score (nSPS) is 13.3. The summed E-state index contributed by atoms with van der Waals surface area (Å²) in [4.78, 5) is 0. The summed E-state index contributed by atoms with van der Waals surface area (Å²) in [5.41, 5.74) is -0.471. The van der Waals surface area contributed by atoms with Gasteiger partial charge in [-0.25, -0.2) is 0 Å². The van der Waals surface area contributed by atoms with Crippen molar-refractivity contribution >= 4 is 0 Å². The van der Waals surface area contributed by atoms with E-state index in [0.29, 0.717) is 6.61 Å². The molecule has 0 aliphatic carbocycles. The fraction of sp³-hybridized carbons (Fsp3) is 0.562. The third kappa shape index (κ3) is 5.50. The molecular formula is C16H24N2O2. The van der Waals surface area contributed by atoms with Gasteiger partial charge in [0.1, 0.15) is 17.0 Å². The second kappa shape index (κ2) is 8.44. The Labute approximate surface area is 121 Å². The zero-order valence-electron chi connectivity index (χ0n) is 12.6. The first kappa shape index (κ1) is 16.3. The molecule has 0 aliphatic rings. The van der Waals surface area contributed by atoms with Gasteiger partial charge in [-0.15, -0.1) is 0 Å². The Morgan fingerprint density at radius 1 is 1.15 bits per heavy atom. The monoisotopic (exact) mass is 276 g/mol. The largest absolute Gasteiger partial charge is 0.494 e. The van der Waals surface area contributed by atoms with Crippen LogP contribution in [0.25, 0.3) is 0 Å². The fourth-order valence-electron chi connectivity index (χ4n) is 1.70. The van der Waals surface area contributed by atoms with Gasteiger partial charge in [0.25, 0.3) is 0 Å². The Morgan fingerprint density at radius 3 is 2.15 bits per heavy atom. The minimum absolute atomic E-state index is 0.471. The number of benzene rings is 1. The van der Waals surface area contributed by atoms with Gasteiger partial charge in [-0.3, -0.25) is 0 Å². The average Bonchev–Trinajstić information content (AvgIpc) is 2.50. The molecule has 0 aliphatic heterocycles. The summed E-state index contributed by atoms with van der Waals surface area (Å²) in [7, 11) is 1.80. The molecule has 0 radical (unpaired) electrons. The number of rotatable bonds is 9. The summed E-state index contributed by atoms with van der Waals surface area (Å²) in [6.07, 6.45) is 2.60. The number of hydrogen-bond donors (Lipinski definition) is 1. The molecule has 110 valence electrons. The highest BCUT2D eigenvalue weighted by Crippen LogP contribution is 2.18. The lowest BCUT2D eigenvalue weighted by molar-refractivity contribution is 0.287. The van der Waals surface area contributed by atoms with Crippen LogP contribution in [-0.2, 0) is 0 Å². The molecule has 4 heteroatoms. The molecule has 1 aromatic carbocycles. The standard InChI is InChI=1S/C16H24N2O2/c1-4-11-19-14-6-8-15(9-7-14)20-12-5-10-16(2,13-17)18-3/h6-9,18H,4-5,10-12H2,1-3H3. The van der Waals surface area contributed by atoms with E-state index in [-0.39, 0.29) is 0 Å². The molecule has 0 spiro atoms. The smallest absolute Gasteiger partial charge is 0.119 e. The summed E-state index contributed by atoms with van der Waals surface area (Å²) in [5.74, 6) is 1.70. The van der Waals surface area contributed by atoms with E-state index in [1.54, 1.807) is 7.05 Å². The number of hydrogen-bond acceptors (Lipinski definition) is 4. The van der Waals surface area contributed by atoms with E-state index in [1.165, 1.54) is 0 Å². The van der Waals surface area contributed by atoms with Gasteiger partial charge in [-0.1, -0.05) is 6.92 Å². The van der Waals surface area contributed by atoms with Crippen LogP contribution in [0.4, 0.5) is 0 Å². The second-order valence-corrected chi connectivity index (χ2v) is 4.97. The Hall–Kier alpha value is -1.73. The van der Waals surface area contributed by atoms with Crippen molar-refractivity contribution in [2.45, 2.75) is 38.6 Å². The van der Waals surface area contributed by atoms with Crippen LogP contribution in [0.5, 0.6) is 11.5 Å². The first-order valence-electron chi connectivity index (χ1n) is 7.09. The van der Waals surface area contributed by atoms with Crippen LogP contribution in [0, 0.1) is 11.3 Å². The summed E-state index contributed by atoms with van der Waals surface area (Å²) in [5, 5.41) is 12.1. The van der Waals surface area contributed by atoms with E-state index in [1.807, 2.05) is 31.2 Å². The molecule has 20 heavy (non-hydrogen) atoms. The van der Waals surface area contributed by atoms with Crippen molar-refractivity contribution in [2.75, 3.05) is 20.3 Å². The summed E-state index contributed by atoms with van der Waals surface area (Å²) >= 11 is 0. The second-order valence-electron chi connectivity index (χ2n) is 4.97. The van der Waals surface area contributed by atoms with Gasteiger partial charge in [-0.2, -0.15) is 5.26 Å². The predicted molar refractivity (Wildman–Crippen MR) is 80.0 cm³/mol. The van der Waals surface area contributed by atoms with Gasteiger partial charge in [-0.05, 0) is 57.5 Å². The lowest BCUT2D eigenvalue weighted by Crippen LogP contribution is -2.38. The van der Waals surface area contributed by atoms with Gasteiger partial charge < -0.3 is 14.8 Å². The van der Waals surface area contributed by atoms with Gasteiger partial charge in [0, 0.05) is 0 Å². The Balaban J connectivity index is 2.30. The van der Waals surface area contributed by atoms with E-state index in [9.17, 15) is 0 Å². The van der Waals surface area contributed by atoms with Crippen LogP contribution in [0.15, 0.2) is 24.3 Å². The third-order valence-electron chi connectivity index (χ3n) is 3.18. The minimum Gasteiger partial charge on any atom is -0.494 e. The van der Waals surface area contributed by atoms with Gasteiger partial charge in [0.2, 0.25) is 0 Å². The Bertz CT molecular complexity index is 425. The highest BCUT2D eigenvalue weighted by atomic mass is 16.5. The topological polar surface area (TPSA) is 54.3 Å². The molecular weight excluding hydrogens is 252 g/mol. The molecule has 0 heterocycles. The van der Waals surface area contributed by atoms with Crippen LogP contribution in [0.1, 0.15) is 33.1 Å². The van der Waals surface area contributed by atoms with E-state index >= 15 is 0 Å². The highest BCUT2D eigenvalue weighted by molar-refractivity contribution is 5.31. The van der Waals surface area contributed by atoms with Crippen molar-refractivity contribution < 1.29 is 9.47 Å². The van der Waals surface area contributed by atoms with Crippen LogP contribution in [0.2, 0.25) is 0 Å². The molecule has 1 atom stereocenters. The van der Waals surface area contributed by atoms with E-state index < -0.39 is 5.54 Å². The van der Waals surface area contributed by atoms with Crippen molar-refractivity contribution in [1.82, 2.24) is 5.32 Å². The minimum atomic E-state index is -0.471. The average molecular weight is 276 g/mol. The lowest BCUT2D eigenvalue weighted by atomic mass is 9.98. The molecule has 1 rings (SSSR count). The Kier molecular flexibility index (Phi) is 6.89. The van der Waals surface area contributed by atoms with E-state index in [0.717, 1.165) is 37.4 Å². The van der Waals surface area contributed by atoms with Crippen molar-refractivity contribution in [1.29, 1.82) is 5.26 Å². The third-order valence-corrected chi connectivity index (χ3v) is 3.18. The van der Waals surface area contributed by atoms with E-state index in [4.69, 9.17) is 14.7 Å². The zero-order valence-corrected chi connectivity index (χ0v) is 12.6. The molecule has 1 N–H and O–H groups in total. The van der Waals surface area contributed by atoms with Crippen LogP contribution in [-0.4, -0.2) is 25.8 Å². The molecule has 1 unspecified atom stereocenters. The molecule has 0 bridgehead atoms. The molecule has 0 aromatic heterocycles. The first-order chi connectivity index (χ1) is 9.63. The zero-order chi connectivity index (χ0) is 14.8. The fourth-order valence-corrected chi connectivity index (χ4v) is 1.70. The van der Waals surface area contributed by atoms with Crippen LogP contribution in [0.3, 0.4) is 0 Å². The molecule has 0 fully saturated rings. The molecule has 0 saturated carbocycles. The van der Waals surface area contributed by atoms with Crippen molar-refractivity contribution in [3.8, 4) is 17.6 Å². The van der Waals surface area contributed by atoms with Crippen molar-refractivity contribution in [3.05, 3.63) is 24.3 Å². The molecule has 1 aromatic rings. The maximum Gasteiger partial charge on any atom is 0.119 e. The van der Waals surface area contributed by atoms with Crippen molar-refractivity contribution in [2.24, 2.45) is 0 Å². The van der Waals surface area contributed by atoms with Crippen LogP contribution >= 0.6 is 0 Å². The quantitative estimate of drug-likeness (QED) is 0.704. The summed E-state index contributed by atoms with van der Waals surface area (Å²) in [6.45, 7) is 5.32. The Morgan fingerprint density at radius 2 is 1.70 bits per heavy atom. The number of ether oxygens (including phenoxy) is 2. The SMILES string of the molecule is CCCOc1ccc(OCCCC(C)(C#N)NC)cc1. The summed E-state index contributed by atoms with van der Waals surface area (Å²) in [6, 6.07) is 9.92. The number of nitriles is 1. The van der Waals surface area contributed by atoms with Gasteiger partial charge in [0.05, 0.1) is 19.3 Å². The molecule has 0 amide bonds. The number of nitrogens with zero attached hydrogens (tertiary/aromatic N) is 1. The van der Waals surface area contributed by atoms with Gasteiger partial charge in [0.15, 0.2) is 0 Å². The van der Waals surface area contributed by atoms with Crippen molar-refractivity contribution in [3.63, 3.8) is 0 Å². The molecule has 0 saturated heterocycles. The lowest BCUT2D eigenvalue weighted by Gasteiger charge is -2.20. The highest BCUT2D eigenvalue weighted by Gasteiger charge is 2.19. The van der Waals surface area contributed by atoms with Crippen LogP contribution < -0.4 is 14.8 Å². The number of nitrogens with one attached hydrogen (secondary N) is 1. The summed E-state index contributed by atoms with van der Waals surface area (Å²) < 4.78 is 11.2. The predicted octanol–water partition coefficient (Wildman–Crippen LogP) is 3.14. The van der Waals surface area contributed by atoms with E-state index in [2.05, 4.69) is 18.3 Å². The van der Waals surface area contributed by atoms with Gasteiger partial charge >= 0.3 is 0 Å². The maximum atomic E-state index is 9.04. The first-order valence-corrected chi connectivity index (χ1v) is 7.09.